The maximum atomic E-state index is 12.6. The molecule has 2 saturated heterocycles. The highest BCUT2D eigenvalue weighted by atomic mass is 32.2. The zero-order chi connectivity index (χ0) is 19.8. The van der Waals surface area contributed by atoms with Crippen LogP contribution in [0.25, 0.3) is 11.1 Å². The summed E-state index contributed by atoms with van der Waals surface area (Å²) in [5.41, 5.74) is 1.70. The SMILES string of the molecule is O=S(=O)(c1ccc(-c2ccc(S(=O)(=O)N3CCCC3)cc2)cc1)N1CCCC1. The zero-order valence-electron chi connectivity index (χ0n) is 15.6. The fourth-order valence-corrected chi connectivity index (χ4v) is 6.83. The average Bonchev–Trinajstić information content (AvgIpc) is 3.42. The number of rotatable bonds is 5. The Bertz CT molecular complexity index is 947. The van der Waals surface area contributed by atoms with Gasteiger partial charge in [-0.3, -0.25) is 0 Å². The molecule has 2 aromatic carbocycles. The van der Waals surface area contributed by atoms with Crippen molar-refractivity contribution in [2.24, 2.45) is 0 Å². The van der Waals surface area contributed by atoms with Gasteiger partial charge >= 0.3 is 0 Å². The van der Waals surface area contributed by atoms with Crippen molar-refractivity contribution >= 4 is 20.0 Å². The molecule has 2 aromatic rings. The highest BCUT2D eigenvalue weighted by Crippen LogP contribution is 2.27. The lowest BCUT2D eigenvalue weighted by Crippen LogP contribution is -2.27. The maximum Gasteiger partial charge on any atom is 0.243 e. The summed E-state index contributed by atoms with van der Waals surface area (Å²) in [6.07, 6.45) is 3.63. The van der Waals surface area contributed by atoms with Gasteiger partial charge in [0.05, 0.1) is 9.79 Å². The predicted molar refractivity (Wildman–Crippen MR) is 108 cm³/mol. The van der Waals surface area contributed by atoms with Gasteiger partial charge in [-0.1, -0.05) is 24.3 Å². The largest absolute Gasteiger partial charge is 0.243 e. The molecule has 2 fully saturated rings. The van der Waals surface area contributed by atoms with Gasteiger partial charge in [0.1, 0.15) is 0 Å². The summed E-state index contributed by atoms with van der Waals surface area (Å²) in [5.74, 6) is 0. The van der Waals surface area contributed by atoms with Gasteiger partial charge in [-0.05, 0) is 61.1 Å². The van der Waals surface area contributed by atoms with Gasteiger partial charge in [-0.15, -0.1) is 0 Å². The molecule has 2 heterocycles. The van der Waals surface area contributed by atoms with Gasteiger partial charge in [-0.2, -0.15) is 8.61 Å². The lowest BCUT2D eigenvalue weighted by atomic mass is 10.1. The number of benzene rings is 2. The van der Waals surface area contributed by atoms with Crippen LogP contribution in [-0.4, -0.2) is 51.6 Å². The van der Waals surface area contributed by atoms with Crippen LogP contribution in [0.2, 0.25) is 0 Å². The fraction of sp³-hybridized carbons (Fsp3) is 0.400. The lowest BCUT2D eigenvalue weighted by molar-refractivity contribution is 0.476. The van der Waals surface area contributed by atoms with E-state index in [4.69, 9.17) is 0 Å². The van der Waals surface area contributed by atoms with Crippen molar-refractivity contribution in [3.8, 4) is 11.1 Å². The van der Waals surface area contributed by atoms with Crippen LogP contribution < -0.4 is 0 Å². The van der Waals surface area contributed by atoms with Crippen LogP contribution in [0.1, 0.15) is 25.7 Å². The van der Waals surface area contributed by atoms with Crippen molar-refractivity contribution in [3.05, 3.63) is 48.5 Å². The van der Waals surface area contributed by atoms with Crippen LogP contribution >= 0.6 is 0 Å². The van der Waals surface area contributed by atoms with Crippen molar-refractivity contribution < 1.29 is 16.8 Å². The van der Waals surface area contributed by atoms with Gasteiger partial charge < -0.3 is 0 Å². The quantitative estimate of drug-likeness (QED) is 0.745. The molecule has 2 aliphatic rings. The Morgan fingerprint density at radius 2 is 0.786 bits per heavy atom. The Morgan fingerprint density at radius 1 is 0.500 bits per heavy atom. The molecule has 0 amide bonds. The molecule has 0 atom stereocenters. The summed E-state index contributed by atoms with van der Waals surface area (Å²) in [7, 11) is -6.85. The van der Waals surface area contributed by atoms with Crippen LogP contribution in [0.3, 0.4) is 0 Å². The topological polar surface area (TPSA) is 74.8 Å². The molecule has 150 valence electrons. The van der Waals surface area contributed by atoms with Crippen molar-refractivity contribution in [1.29, 1.82) is 0 Å². The Balaban J connectivity index is 1.55. The first kappa shape index (κ1) is 19.6. The number of hydrogen-bond donors (Lipinski definition) is 0. The maximum absolute atomic E-state index is 12.6. The summed E-state index contributed by atoms with van der Waals surface area (Å²) in [6.45, 7) is 2.32. The second kappa shape index (κ2) is 7.59. The monoisotopic (exact) mass is 420 g/mol. The van der Waals surface area contributed by atoms with Crippen LogP contribution in [-0.2, 0) is 20.0 Å². The molecule has 0 radical (unpaired) electrons. The van der Waals surface area contributed by atoms with Crippen molar-refractivity contribution in [1.82, 2.24) is 8.61 Å². The van der Waals surface area contributed by atoms with E-state index in [0.29, 0.717) is 36.0 Å². The molecule has 28 heavy (non-hydrogen) atoms. The molecule has 6 nitrogen and oxygen atoms in total. The molecule has 8 heteroatoms. The van der Waals surface area contributed by atoms with Gasteiger partial charge in [0.15, 0.2) is 0 Å². The third-order valence-electron chi connectivity index (χ3n) is 5.45. The summed E-state index contributed by atoms with van der Waals surface area (Å²) in [5, 5.41) is 0. The second-order valence-corrected chi connectivity index (χ2v) is 11.1. The van der Waals surface area contributed by atoms with Crippen molar-refractivity contribution in [2.75, 3.05) is 26.2 Å². The molecular weight excluding hydrogens is 396 g/mol. The molecule has 0 saturated carbocycles. The first-order valence-corrected chi connectivity index (χ1v) is 12.5. The molecule has 0 unspecified atom stereocenters. The van der Waals surface area contributed by atoms with Crippen LogP contribution in [0.4, 0.5) is 0 Å². The summed E-state index contributed by atoms with van der Waals surface area (Å²) >= 11 is 0. The van der Waals surface area contributed by atoms with Gasteiger partial charge in [0.25, 0.3) is 0 Å². The third-order valence-corrected chi connectivity index (χ3v) is 9.27. The second-order valence-electron chi connectivity index (χ2n) is 7.27. The standard InChI is InChI=1S/C20H24N2O4S2/c23-27(24,21-13-1-2-14-21)19-9-5-17(6-10-19)18-7-11-20(12-8-18)28(25,26)22-15-3-4-16-22/h5-12H,1-4,13-16H2. The number of hydrogen-bond acceptors (Lipinski definition) is 4. The number of nitrogens with zero attached hydrogens (tertiary/aromatic N) is 2. The van der Waals surface area contributed by atoms with E-state index in [9.17, 15) is 16.8 Å². The molecule has 4 rings (SSSR count). The summed E-state index contributed by atoms with van der Waals surface area (Å²) in [4.78, 5) is 0.595. The van der Waals surface area contributed by atoms with Crippen molar-refractivity contribution in [3.63, 3.8) is 0 Å². The smallest absolute Gasteiger partial charge is 0.207 e. The van der Waals surface area contributed by atoms with Crippen LogP contribution in [0.5, 0.6) is 0 Å². The Morgan fingerprint density at radius 3 is 1.07 bits per heavy atom. The van der Waals surface area contributed by atoms with Gasteiger partial charge in [0, 0.05) is 26.2 Å². The molecule has 0 bridgehead atoms. The molecule has 0 spiro atoms. The van der Waals surface area contributed by atoms with E-state index in [1.165, 1.54) is 8.61 Å². The highest BCUT2D eigenvalue weighted by Gasteiger charge is 2.28. The normalized spacial score (nSPS) is 19.3. The van der Waals surface area contributed by atoms with Crippen LogP contribution in [0.15, 0.2) is 58.3 Å². The third kappa shape index (κ3) is 3.61. The van der Waals surface area contributed by atoms with E-state index in [1.807, 2.05) is 0 Å². The van der Waals surface area contributed by atoms with Crippen LogP contribution in [0, 0.1) is 0 Å². The van der Waals surface area contributed by atoms with Crippen molar-refractivity contribution in [2.45, 2.75) is 35.5 Å². The zero-order valence-corrected chi connectivity index (χ0v) is 17.3. The minimum atomic E-state index is -3.42. The Labute approximate surface area is 166 Å². The van der Waals surface area contributed by atoms with Gasteiger partial charge in [0.2, 0.25) is 20.0 Å². The Hall–Kier alpha value is -1.74. The molecular formula is C20H24N2O4S2. The first-order valence-electron chi connectivity index (χ1n) is 9.60. The number of sulfonamides is 2. The molecule has 2 aliphatic heterocycles. The average molecular weight is 421 g/mol. The van der Waals surface area contributed by atoms with E-state index in [0.717, 1.165) is 36.8 Å². The highest BCUT2D eigenvalue weighted by molar-refractivity contribution is 7.89. The van der Waals surface area contributed by atoms with E-state index in [-0.39, 0.29) is 0 Å². The van der Waals surface area contributed by atoms with E-state index < -0.39 is 20.0 Å². The fourth-order valence-electron chi connectivity index (χ4n) is 3.79. The predicted octanol–water partition coefficient (Wildman–Crippen LogP) is 2.92. The van der Waals surface area contributed by atoms with E-state index in [2.05, 4.69) is 0 Å². The summed E-state index contributed by atoms with van der Waals surface area (Å²) < 4.78 is 53.5. The summed E-state index contributed by atoms with van der Waals surface area (Å²) in [6, 6.07) is 13.6. The molecule has 0 aliphatic carbocycles. The first-order chi connectivity index (χ1) is 13.4. The Kier molecular flexibility index (Phi) is 5.30. The minimum absolute atomic E-state index is 0.298. The minimum Gasteiger partial charge on any atom is -0.207 e. The lowest BCUT2D eigenvalue weighted by Gasteiger charge is -2.16. The van der Waals surface area contributed by atoms with E-state index in [1.54, 1.807) is 48.5 Å². The van der Waals surface area contributed by atoms with E-state index >= 15 is 0 Å². The molecule has 0 N–H and O–H groups in total. The molecule has 0 aromatic heterocycles. The van der Waals surface area contributed by atoms with Gasteiger partial charge in [-0.25, -0.2) is 16.8 Å².